The molecule has 12 N–H and O–H groups in total. The van der Waals surface area contributed by atoms with Crippen molar-refractivity contribution in [1.82, 2.24) is 87.9 Å². The van der Waals surface area contributed by atoms with Crippen molar-refractivity contribution in [2.45, 2.75) is 574 Å². The molecule has 9 saturated heterocycles. The Balaban J connectivity index is 0.000000256. The first-order chi connectivity index (χ1) is 69.9. The van der Waals surface area contributed by atoms with E-state index >= 15 is 0 Å². The van der Waals surface area contributed by atoms with Gasteiger partial charge in [0.25, 0.3) is 0 Å². The van der Waals surface area contributed by atoms with Crippen LogP contribution in [0, 0.1) is 34.5 Å². The highest BCUT2D eigenvalue weighted by Crippen LogP contribution is 2.42. The predicted molar refractivity (Wildman–Crippen MR) is 634 cm³/mol. The van der Waals surface area contributed by atoms with Gasteiger partial charge in [-0.15, -0.1) is 0 Å². The van der Waals surface area contributed by atoms with Gasteiger partial charge in [-0.3, -0.25) is 19.6 Å². The first kappa shape index (κ1) is 137. The van der Waals surface area contributed by atoms with Gasteiger partial charge in [0.15, 0.2) is 0 Å². The largest absolute Gasteiger partial charge is 0.390 e. The number of ether oxygens (including phenoxy) is 6. The molecule has 9 heterocycles. The van der Waals surface area contributed by atoms with Crippen molar-refractivity contribution in [3.63, 3.8) is 0 Å². The summed E-state index contributed by atoms with van der Waals surface area (Å²) in [6.45, 7) is 103. The number of piperidine rings is 3. The van der Waals surface area contributed by atoms with Crippen molar-refractivity contribution in [3.05, 3.63) is 0 Å². The van der Waals surface area contributed by atoms with Crippen LogP contribution in [0.4, 0.5) is 4.39 Å². The van der Waals surface area contributed by atoms with Crippen LogP contribution in [0.3, 0.4) is 0 Å². The molecule has 886 valence electrons. The summed E-state index contributed by atoms with van der Waals surface area (Å²) in [4.78, 5) is 15.4. The third kappa shape index (κ3) is 66.1. The van der Waals surface area contributed by atoms with Gasteiger partial charge in [-0.05, 0) is 463 Å². The molecule has 4 unspecified atom stereocenters. The molecule has 0 aromatic heterocycles. The molecule has 15 rings (SSSR count). The van der Waals surface area contributed by atoms with Crippen molar-refractivity contribution in [2.75, 3.05) is 197 Å². The summed E-state index contributed by atoms with van der Waals surface area (Å²) in [5.74, 6) is 2.65. The van der Waals surface area contributed by atoms with E-state index in [1.807, 2.05) is 6.92 Å². The number of nitriles is 1. The highest BCUT2D eigenvalue weighted by Gasteiger charge is 2.40. The zero-order valence-corrected chi connectivity index (χ0v) is 104. The zero-order chi connectivity index (χ0) is 111. The van der Waals surface area contributed by atoms with Crippen LogP contribution in [0.15, 0.2) is 0 Å². The maximum absolute atomic E-state index is 13.8. The Morgan fingerprint density at radius 2 is 0.733 bits per heavy atom. The van der Waals surface area contributed by atoms with Crippen molar-refractivity contribution >= 4 is 0 Å². The second-order valence-corrected chi connectivity index (χ2v) is 59.2. The topological polar surface area (TPSA) is 251 Å². The summed E-state index contributed by atoms with van der Waals surface area (Å²) < 4.78 is 46.4. The molecule has 15 aliphatic rings. The van der Waals surface area contributed by atoms with Gasteiger partial charge < -0.3 is 102 Å². The Morgan fingerprint density at radius 3 is 1.15 bits per heavy atom. The van der Waals surface area contributed by atoms with E-state index in [4.69, 9.17) is 33.7 Å². The first-order valence-corrected chi connectivity index (χ1v) is 62.0. The second-order valence-electron chi connectivity index (χ2n) is 59.2. The smallest absolute Gasteiger partial charge is 0.139 e. The van der Waals surface area contributed by atoms with Crippen LogP contribution in [-0.2, 0) is 28.4 Å². The van der Waals surface area contributed by atoms with Gasteiger partial charge in [-0.1, -0.05) is 39.5 Å². The molecule has 0 aromatic carbocycles. The van der Waals surface area contributed by atoms with Gasteiger partial charge in [-0.2, -0.15) is 5.26 Å². The quantitative estimate of drug-likeness (QED) is 0.0425. The number of hydrogen-bond donors (Lipinski definition) is 12. The van der Waals surface area contributed by atoms with Gasteiger partial charge in [-0.25, -0.2) is 4.39 Å². The van der Waals surface area contributed by atoms with Crippen LogP contribution < -0.4 is 58.5 Å². The summed E-state index contributed by atoms with van der Waals surface area (Å²) in [6.07, 6.45) is 41.6. The lowest BCUT2D eigenvalue weighted by Crippen LogP contribution is -2.55. The van der Waals surface area contributed by atoms with Gasteiger partial charge in [0.05, 0.1) is 82.2 Å². The molecular weight excluding hydrogens is 1870 g/mol. The molecule has 0 radical (unpaired) electrons. The monoisotopic (exact) mass is 2120 g/mol. The fourth-order valence-corrected chi connectivity index (χ4v) is 23.4. The third-order valence-electron chi connectivity index (χ3n) is 32.5. The Morgan fingerprint density at radius 1 is 0.360 bits per heavy atom. The van der Waals surface area contributed by atoms with E-state index in [-0.39, 0.29) is 68.7 Å². The number of nitrogens with one attached hydrogen (secondary N) is 11. The van der Waals surface area contributed by atoms with E-state index in [1.165, 1.54) is 226 Å². The van der Waals surface area contributed by atoms with Crippen LogP contribution in [0.25, 0.3) is 0 Å². The Bertz CT molecular complexity index is 3380. The number of aliphatic hydroxyl groups is 1. The minimum absolute atomic E-state index is 0.0425. The molecule has 25 nitrogen and oxygen atoms in total. The van der Waals surface area contributed by atoms with E-state index in [0.29, 0.717) is 42.2 Å². The van der Waals surface area contributed by atoms with Gasteiger partial charge in [0.1, 0.15) is 6.17 Å². The molecule has 6 saturated carbocycles. The summed E-state index contributed by atoms with van der Waals surface area (Å²) in [6, 6.07) is 9.42. The van der Waals surface area contributed by atoms with Crippen LogP contribution >= 0.6 is 0 Å². The van der Waals surface area contributed by atoms with Crippen molar-refractivity contribution in [2.24, 2.45) is 23.2 Å². The van der Waals surface area contributed by atoms with Crippen LogP contribution in [-0.4, -0.2) is 371 Å². The standard InChI is InChI=1S/C19H37N3O.C14H27FN2O.C14H28N2.C14H29N.C12H24N2.C12H25NO.C11H21N3O.C10H21N.C9H20N2O.C9H19NO2/c1-19(2,3)20-16-4-6-17(7-5-16)21-10-12-22(13-11-21)18-8-14-23-15-9-18;1-14(2,3)16-11-4-7-17(8-5-11)13-6-9-18-10-12(13)15;1-14(2,3)15-12-7-8-13(11-12)16-9-5-4-6-10-16;1-6-14(5)9-7-12(8-10-14)11-15-13(2,3)4;1-12(2,3)13-10-6-8-14(9-7-10)11-4-5-11;1-11(2,3)13-9-10-5-7-12(4,14)8-6-10;1-11(2,3)13-8-10-9-14(5-4-12)6-7-15-10;1-10(2,3)11-8-9-6-4-5-7-9;1-9(2,3)11-6-8-7-12-5-4-10-8;1-9(2,3)12-7-8-6-11-5-4-10-8/h16-18,20H,4-15H2,1-3H3;11-13,16H,4-10H2,1-3H3;12-13,15H,4-11H2,1-3H3;12,15H,6-11H2,1-5H3;10-11,13H,4-9H2,1-3H3;10,13-14H,5-9H2,1-4H3;10,13H,5-9H2,1-3H3;9,11H,4-8H2,1-3H3;8,10-11H,4-7H2,1-3H3;8,10H,4-7H2,1-3H3/t;12-,13+;12-,13?;;;;;;;/m.01......./s1. The van der Waals surface area contributed by atoms with Crippen molar-refractivity contribution < 1.29 is 37.9 Å². The van der Waals surface area contributed by atoms with Crippen LogP contribution in [0.5, 0.6) is 0 Å². The first-order valence-electron chi connectivity index (χ1n) is 62.0. The normalized spacial score (nSPS) is 29.6. The SMILES string of the molecule is CC(C)(C)NC1CCC(N2CCN(C3CCOCC3)CC2)CC1.CC(C)(C)NC1CCN(C2CC2)CC1.CC(C)(C)NC1CCN([C@@H]2CCOC[C@@H]2F)CC1.CC(C)(C)NCC1CCCC1.CC(C)(C)NCC1CN(CC#N)CCO1.CC(C)(C)NCC1COCCN1.CC(C)(C)N[C@@H]1CCC(N2CCCCC2)C1.CC(C)(C)OCC1COCCN1.CC1(O)CCC(CNC(C)(C)C)CC1.CCC1(C)CCC(CNC(C)(C)C)CC1. The predicted octanol–water partition coefficient (Wildman–Crippen LogP) is 19.8. The number of morpholine rings is 3. The Hall–Kier alpha value is -1.54. The molecule has 0 amide bonds. The summed E-state index contributed by atoms with van der Waals surface area (Å²) in [5, 5.41) is 57.7. The number of piperazine rings is 1. The summed E-state index contributed by atoms with van der Waals surface area (Å²) in [5.41, 5.74) is 2.36. The molecule has 6 aliphatic carbocycles. The third-order valence-corrected chi connectivity index (χ3v) is 32.5. The minimum atomic E-state index is -0.800. The van der Waals surface area contributed by atoms with Gasteiger partial charge in [0, 0.05) is 209 Å². The molecule has 15 fully saturated rings. The Kier molecular flexibility index (Phi) is 61.7. The lowest BCUT2D eigenvalue weighted by atomic mass is 9.70. The molecule has 9 aliphatic heterocycles. The van der Waals surface area contributed by atoms with Crippen LogP contribution in [0.2, 0.25) is 0 Å². The maximum atomic E-state index is 13.8. The van der Waals surface area contributed by atoms with Crippen molar-refractivity contribution in [1.29, 1.82) is 5.26 Å². The van der Waals surface area contributed by atoms with Crippen LogP contribution in [0.1, 0.15) is 434 Å². The summed E-state index contributed by atoms with van der Waals surface area (Å²) >= 11 is 0. The van der Waals surface area contributed by atoms with E-state index in [2.05, 4.69) is 316 Å². The van der Waals surface area contributed by atoms with Gasteiger partial charge in [0.2, 0.25) is 0 Å². The van der Waals surface area contributed by atoms with E-state index in [1.54, 1.807) is 0 Å². The number of nitrogens with zero attached hydrogens (tertiary/aromatic N) is 7. The van der Waals surface area contributed by atoms with E-state index in [9.17, 15) is 9.50 Å². The number of likely N-dealkylation sites (tertiary alicyclic amines) is 3. The zero-order valence-electron chi connectivity index (χ0n) is 104. The molecule has 7 atom stereocenters. The molecule has 0 spiro atoms. The average Bonchev–Trinajstić information content (AvgIpc) is 0.988. The van der Waals surface area contributed by atoms with E-state index in [0.717, 1.165) is 217 Å². The van der Waals surface area contributed by atoms with E-state index < -0.39 is 11.8 Å². The lowest BCUT2D eigenvalue weighted by Gasteiger charge is -2.45. The average molecular weight is 2130 g/mol. The highest BCUT2D eigenvalue weighted by atomic mass is 19.1. The van der Waals surface area contributed by atoms with Gasteiger partial charge >= 0.3 is 0 Å². The maximum Gasteiger partial charge on any atom is 0.139 e. The number of alkyl halides is 1. The highest BCUT2D eigenvalue weighted by molar-refractivity contribution is 4.97. The Labute approximate surface area is 925 Å². The minimum Gasteiger partial charge on any atom is -0.390 e. The van der Waals surface area contributed by atoms with Crippen molar-refractivity contribution in [3.8, 4) is 6.07 Å². The molecular formula is C124H251FN18O7. The summed E-state index contributed by atoms with van der Waals surface area (Å²) in [7, 11) is 0. The lowest BCUT2D eigenvalue weighted by molar-refractivity contribution is -0.0380. The fraction of sp³-hybridized carbons (Fsp3) is 0.992. The fourth-order valence-electron chi connectivity index (χ4n) is 23.4. The second kappa shape index (κ2) is 67.5. The molecule has 0 aromatic rings. The molecule has 150 heavy (non-hydrogen) atoms. The number of rotatable bonds is 23. The molecule has 26 heteroatoms. The number of halogens is 1. The number of hydrogen-bond acceptors (Lipinski definition) is 25. The molecule has 0 bridgehead atoms.